The van der Waals surface area contributed by atoms with Crippen molar-refractivity contribution in [3.05, 3.63) is 35.3 Å². The van der Waals surface area contributed by atoms with Gasteiger partial charge in [-0.2, -0.15) is 0 Å². The minimum atomic E-state index is 0.0606. The van der Waals surface area contributed by atoms with Crippen LogP contribution in [0.4, 0.5) is 0 Å². The van der Waals surface area contributed by atoms with E-state index >= 15 is 0 Å². The number of aromatic nitrogens is 1. The molecule has 0 aliphatic carbocycles. The van der Waals surface area contributed by atoms with Crippen LogP contribution in [-0.2, 0) is 11.2 Å². The Balaban J connectivity index is 1.57. The molecule has 1 aliphatic heterocycles. The Morgan fingerprint density at radius 3 is 2.79 bits per heavy atom. The van der Waals surface area contributed by atoms with Crippen molar-refractivity contribution in [2.75, 3.05) is 19.7 Å². The fraction of sp³-hybridized carbons (Fsp3) is 0.444. The minimum absolute atomic E-state index is 0.0606. The van der Waals surface area contributed by atoms with Crippen LogP contribution >= 0.6 is 11.3 Å². The number of hydrogen-bond acceptors (Lipinski definition) is 5. The Morgan fingerprint density at radius 1 is 1.33 bits per heavy atom. The van der Waals surface area contributed by atoms with E-state index in [1.807, 2.05) is 36.6 Å². The molecule has 1 fully saturated rings. The summed E-state index contributed by atoms with van der Waals surface area (Å²) in [6.45, 7) is 4.58. The van der Waals surface area contributed by atoms with Crippen LogP contribution in [0.15, 0.2) is 29.6 Å². The van der Waals surface area contributed by atoms with E-state index in [1.165, 1.54) is 0 Å². The SMILES string of the molecule is CCOc1ccc(-c2nc(CC(=O)NC3CCNCC3)cs2)cc1. The van der Waals surface area contributed by atoms with Crippen molar-refractivity contribution in [2.45, 2.75) is 32.2 Å². The second-order valence-corrected chi connectivity index (χ2v) is 6.73. The average Bonchev–Trinajstić information content (AvgIpc) is 3.05. The van der Waals surface area contributed by atoms with Gasteiger partial charge in [0.1, 0.15) is 10.8 Å². The van der Waals surface area contributed by atoms with Gasteiger partial charge >= 0.3 is 0 Å². The molecule has 2 heterocycles. The van der Waals surface area contributed by atoms with E-state index in [2.05, 4.69) is 15.6 Å². The summed E-state index contributed by atoms with van der Waals surface area (Å²) >= 11 is 1.57. The molecule has 2 aromatic rings. The molecule has 0 unspecified atom stereocenters. The van der Waals surface area contributed by atoms with Gasteiger partial charge in [0, 0.05) is 17.0 Å². The van der Waals surface area contributed by atoms with E-state index in [0.29, 0.717) is 19.1 Å². The van der Waals surface area contributed by atoms with Crippen molar-refractivity contribution >= 4 is 17.2 Å². The highest BCUT2D eigenvalue weighted by molar-refractivity contribution is 7.13. The largest absolute Gasteiger partial charge is 0.494 e. The van der Waals surface area contributed by atoms with Gasteiger partial charge in [-0.1, -0.05) is 0 Å². The number of nitrogens with one attached hydrogen (secondary N) is 2. The molecule has 128 valence electrons. The molecular weight excluding hydrogens is 322 g/mol. The van der Waals surface area contributed by atoms with Crippen LogP contribution in [-0.4, -0.2) is 36.6 Å². The number of carbonyl (C=O) groups is 1. The Morgan fingerprint density at radius 2 is 2.08 bits per heavy atom. The van der Waals surface area contributed by atoms with Gasteiger partial charge in [-0.25, -0.2) is 4.98 Å². The zero-order valence-corrected chi connectivity index (χ0v) is 14.7. The van der Waals surface area contributed by atoms with E-state index in [0.717, 1.165) is 47.9 Å². The lowest BCUT2D eigenvalue weighted by Crippen LogP contribution is -2.43. The summed E-state index contributed by atoms with van der Waals surface area (Å²) in [5.74, 6) is 0.921. The van der Waals surface area contributed by atoms with Crippen molar-refractivity contribution in [3.63, 3.8) is 0 Å². The lowest BCUT2D eigenvalue weighted by Gasteiger charge is -2.23. The normalized spacial score (nSPS) is 15.2. The number of ether oxygens (including phenoxy) is 1. The maximum absolute atomic E-state index is 12.2. The van der Waals surface area contributed by atoms with Gasteiger partial charge in [-0.05, 0) is 57.1 Å². The molecule has 1 aromatic heterocycles. The maximum atomic E-state index is 12.2. The van der Waals surface area contributed by atoms with E-state index in [-0.39, 0.29) is 5.91 Å². The molecule has 1 aromatic carbocycles. The van der Waals surface area contributed by atoms with Crippen LogP contribution in [0.1, 0.15) is 25.5 Å². The first-order valence-electron chi connectivity index (χ1n) is 8.42. The third-order valence-electron chi connectivity index (χ3n) is 4.01. The minimum Gasteiger partial charge on any atom is -0.494 e. The summed E-state index contributed by atoms with van der Waals surface area (Å²) < 4.78 is 5.45. The second-order valence-electron chi connectivity index (χ2n) is 5.87. The first kappa shape index (κ1) is 16.9. The van der Waals surface area contributed by atoms with Crippen molar-refractivity contribution in [1.82, 2.24) is 15.6 Å². The monoisotopic (exact) mass is 345 g/mol. The number of hydrogen-bond donors (Lipinski definition) is 2. The summed E-state index contributed by atoms with van der Waals surface area (Å²) in [4.78, 5) is 16.8. The lowest BCUT2D eigenvalue weighted by atomic mass is 10.1. The maximum Gasteiger partial charge on any atom is 0.226 e. The van der Waals surface area contributed by atoms with Crippen LogP contribution in [0.2, 0.25) is 0 Å². The Kier molecular flexibility index (Phi) is 5.82. The van der Waals surface area contributed by atoms with Crippen LogP contribution in [0, 0.1) is 0 Å². The van der Waals surface area contributed by atoms with Crippen LogP contribution in [0.25, 0.3) is 10.6 Å². The fourth-order valence-electron chi connectivity index (χ4n) is 2.79. The molecule has 0 radical (unpaired) electrons. The Hall–Kier alpha value is -1.92. The number of amides is 1. The van der Waals surface area contributed by atoms with Gasteiger partial charge < -0.3 is 15.4 Å². The van der Waals surface area contributed by atoms with Crippen molar-refractivity contribution in [3.8, 4) is 16.3 Å². The molecule has 24 heavy (non-hydrogen) atoms. The number of thiazole rings is 1. The predicted octanol–water partition coefficient (Wildman–Crippen LogP) is 2.62. The molecule has 1 aliphatic rings. The second kappa shape index (κ2) is 8.26. The van der Waals surface area contributed by atoms with Gasteiger partial charge in [0.2, 0.25) is 5.91 Å². The highest BCUT2D eigenvalue weighted by Crippen LogP contribution is 2.26. The molecule has 5 nitrogen and oxygen atoms in total. The van der Waals surface area contributed by atoms with Crippen molar-refractivity contribution < 1.29 is 9.53 Å². The predicted molar refractivity (Wildman–Crippen MR) is 96.5 cm³/mol. The molecule has 2 N–H and O–H groups in total. The summed E-state index contributed by atoms with van der Waals surface area (Å²) in [6, 6.07) is 8.20. The standard InChI is InChI=1S/C18H23N3O2S/c1-2-23-16-5-3-13(4-6-16)18-21-15(12-24-18)11-17(22)20-14-7-9-19-10-8-14/h3-6,12,14,19H,2,7-11H2,1H3,(H,20,22). The molecule has 3 rings (SSSR count). The number of carbonyl (C=O) groups excluding carboxylic acids is 1. The Labute approximate surface area is 146 Å². The first-order valence-corrected chi connectivity index (χ1v) is 9.30. The van der Waals surface area contributed by atoms with E-state index in [9.17, 15) is 4.79 Å². The number of piperidine rings is 1. The average molecular weight is 345 g/mol. The van der Waals surface area contributed by atoms with Crippen molar-refractivity contribution in [1.29, 1.82) is 0 Å². The highest BCUT2D eigenvalue weighted by atomic mass is 32.1. The zero-order chi connectivity index (χ0) is 16.8. The van der Waals surface area contributed by atoms with Crippen LogP contribution in [0.5, 0.6) is 5.75 Å². The van der Waals surface area contributed by atoms with E-state index in [4.69, 9.17) is 4.74 Å². The van der Waals surface area contributed by atoms with Gasteiger partial charge in [0.15, 0.2) is 0 Å². The molecule has 0 bridgehead atoms. The third-order valence-corrected chi connectivity index (χ3v) is 4.95. The molecule has 1 amide bonds. The Bertz CT molecular complexity index is 663. The zero-order valence-electron chi connectivity index (χ0n) is 13.9. The van der Waals surface area contributed by atoms with E-state index in [1.54, 1.807) is 11.3 Å². The van der Waals surface area contributed by atoms with Crippen LogP contribution < -0.4 is 15.4 Å². The molecule has 6 heteroatoms. The van der Waals surface area contributed by atoms with Gasteiger partial charge in [0.05, 0.1) is 18.7 Å². The highest BCUT2D eigenvalue weighted by Gasteiger charge is 2.16. The number of nitrogens with zero attached hydrogens (tertiary/aromatic N) is 1. The van der Waals surface area contributed by atoms with E-state index < -0.39 is 0 Å². The summed E-state index contributed by atoms with van der Waals surface area (Å²) in [7, 11) is 0. The van der Waals surface area contributed by atoms with Gasteiger partial charge in [-0.15, -0.1) is 11.3 Å². The molecule has 1 saturated heterocycles. The topological polar surface area (TPSA) is 63.2 Å². The first-order chi connectivity index (χ1) is 11.7. The third kappa shape index (κ3) is 4.55. The lowest BCUT2D eigenvalue weighted by molar-refractivity contribution is -0.121. The summed E-state index contributed by atoms with van der Waals surface area (Å²) in [5.41, 5.74) is 1.88. The summed E-state index contributed by atoms with van der Waals surface area (Å²) in [6.07, 6.45) is 2.35. The number of benzene rings is 1. The molecular formula is C18H23N3O2S. The van der Waals surface area contributed by atoms with Gasteiger partial charge in [0.25, 0.3) is 0 Å². The van der Waals surface area contributed by atoms with Gasteiger partial charge in [-0.3, -0.25) is 4.79 Å². The summed E-state index contributed by atoms with van der Waals surface area (Å²) in [5, 5.41) is 9.31. The number of rotatable bonds is 6. The quantitative estimate of drug-likeness (QED) is 0.845. The smallest absolute Gasteiger partial charge is 0.226 e. The van der Waals surface area contributed by atoms with Crippen LogP contribution in [0.3, 0.4) is 0 Å². The van der Waals surface area contributed by atoms with Crippen molar-refractivity contribution in [2.24, 2.45) is 0 Å². The fourth-order valence-corrected chi connectivity index (χ4v) is 3.62. The molecule has 0 atom stereocenters. The molecule has 0 spiro atoms. The molecule has 0 saturated carbocycles.